The van der Waals surface area contributed by atoms with Crippen molar-refractivity contribution >= 4 is 35.0 Å². The Labute approximate surface area is 229 Å². The van der Waals surface area contributed by atoms with Crippen LogP contribution in [0.4, 0.5) is 5.69 Å². The van der Waals surface area contributed by atoms with Crippen molar-refractivity contribution in [2.24, 2.45) is 5.92 Å². The first-order valence-electron chi connectivity index (χ1n) is 13.7. The van der Waals surface area contributed by atoms with Crippen molar-refractivity contribution in [1.82, 2.24) is 15.5 Å². The number of nitrogens with one attached hydrogen (secondary N) is 2. The number of likely N-dealkylation sites (tertiary alicyclic amines) is 1. The monoisotopic (exact) mass is 536 g/mol. The highest BCUT2D eigenvalue weighted by Crippen LogP contribution is 2.43. The van der Waals surface area contributed by atoms with Crippen molar-refractivity contribution in [2.45, 2.75) is 63.5 Å². The van der Waals surface area contributed by atoms with Gasteiger partial charge in [-0.2, -0.15) is 0 Å². The number of para-hydroxylation sites is 1. The van der Waals surface area contributed by atoms with Crippen molar-refractivity contribution in [2.75, 3.05) is 31.1 Å². The molecular weight excluding hydrogens is 500 g/mol. The maximum atomic E-state index is 13.8. The highest BCUT2D eigenvalue weighted by molar-refractivity contribution is 6.30. The second-order valence-electron chi connectivity index (χ2n) is 11.3. The van der Waals surface area contributed by atoms with Gasteiger partial charge < -0.3 is 20.4 Å². The van der Waals surface area contributed by atoms with Gasteiger partial charge in [0, 0.05) is 42.8 Å². The molecule has 3 aliphatic heterocycles. The Morgan fingerprint density at radius 2 is 1.79 bits per heavy atom. The van der Waals surface area contributed by atoms with Crippen molar-refractivity contribution in [3.63, 3.8) is 0 Å². The number of amides is 3. The Kier molecular flexibility index (Phi) is 7.78. The fourth-order valence-electron chi connectivity index (χ4n) is 6.09. The third-order valence-electron chi connectivity index (χ3n) is 8.37. The average molecular weight is 537 g/mol. The lowest BCUT2D eigenvalue weighted by Crippen LogP contribution is -2.56. The highest BCUT2D eigenvalue weighted by Gasteiger charge is 2.47. The van der Waals surface area contributed by atoms with E-state index >= 15 is 0 Å². The molecule has 2 fully saturated rings. The number of fused-ring (bicyclic) bond motifs is 1. The van der Waals surface area contributed by atoms with E-state index in [1.807, 2.05) is 72.2 Å². The predicted molar refractivity (Wildman–Crippen MR) is 149 cm³/mol. The largest absolute Gasteiger partial charge is 0.344 e. The zero-order chi connectivity index (χ0) is 26.9. The van der Waals surface area contributed by atoms with Gasteiger partial charge in [0.25, 0.3) is 0 Å². The summed E-state index contributed by atoms with van der Waals surface area (Å²) in [5.41, 5.74) is 2.45. The van der Waals surface area contributed by atoms with Gasteiger partial charge in [-0.3, -0.25) is 14.4 Å². The maximum Gasteiger partial charge on any atom is 0.245 e. The molecule has 2 saturated heterocycles. The van der Waals surface area contributed by atoms with Crippen LogP contribution in [0, 0.1) is 5.92 Å². The van der Waals surface area contributed by atoms with Gasteiger partial charge in [0.2, 0.25) is 17.7 Å². The molecule has 0 bridgehead atoms. The van der Waals surface area contributed by atoms with E-state index in [-0.39, 0.29) is 29.7 Å². The Morgan fingerprint density at radius 1 is 1.08 bits per heavy atom. The van der Waals surface area contributed by atoms with E-state index in [0.717, 1.165) is 36.2 Å². The maximum absolute atomic E-state index is 13.8. The van der Waals surface area contributed by atoms with Crippen molar-refractivity contribution in [1.29, 1.82) is 0 Å². The summed E-state index contributed by atoms with van der Waals surface area (Å²) in [6, 6.07) is 14.9. The van der Waals surface area contributed by atoms with Crippen LogP contribution in [-0.2, 0) is 26.2 Å². The molecule has 2 aromatic rings. The van der Waals surface area contributed by atoms with Gasteiger partial charge in [0.05, 0.1) is 11.3 Å². The molecule has 0 radical (unpaired) electrons. The topological polar surface area (TPSA) is 81.8 Å². The first-order valence-corrected chi connectivity index (χ1v) is 14.1. The number of benzene rings is 2. The number of anilines is 1. The Bertz CT molecular complexity index is 1180. The van der Waals surface area contributed by atoms with Crippen LogP contribution >= 0.6 is 11.6 Å². The fraction of sp³-hybridized carbons (Fsp3) is 0.500. The Hall–Kier alpha value is -2.90. The number of piperidine rings is 2. The van der Waals surface area contributed by atoms with Crippen LogP contribution in [0.1, 0.15) is 50.7 Å². The van der Waals surface area contributed by atoms with Crippen molar-refractivity contribution in [3.8, 4) is 0 Å². The second-order valence-corrected chi connectivity index (χ2v) is 11.7. The first-order chi connectivity index (χ1) is 18.3. The molecular formula is C30H37ClN4O3. The van der Waals surface area contributed by atoms with Gasteiger partial charge in [-0.15, -0.1) is 0 Å². The van der Waals surface area contributed by atoms with E-state index in [2.05, 4.69) is 10.6 Å². The summed E-state index contributed by atoms with van der Waals surface area (Å²) in [6.45, 7) is 6.63. The SMILES string of the molecule is CC1(C)C(=O)N(C2CCN(C(=O)[C@@H](Cc3ccc(Cl)cc3)NC(=O)[C@H]3CCCNC3)CC2)c2ccccc21. The van der Waals surface area contributed by atoms with Gasteiger partial charge >= 0.3 is 0 Å². The molecule has 5 rings (SSSR count). The second kappa shape index (κ2) is 11.1. The van der Waals surface area contributed by atoms with E-state index < -0.39 is 11.5 Å². The van der Waals surface area contributed by atoms with E-state index in [9.17, 15) is 14.4 Å². The molecule has 2 N–H and O–H groups in total. The predicted octanol–water partition coefficient (Wildman–Crippen LogP) is 3.68. The van der Waals surface area contributed by atoms with Crippen LogP contribution in [-0.4, -0.2) is 60.9 Å². The summed E-state index contributed by atoms with van der Waals surface area (Å²) in [5.74, 6) is -0.137. The van der Waals surface area contributed by atoms with Gasteiger partial charge in [-0.1, -0.05) is 41.9 Å². The van der Waals surface area contributed by atoms with Crippen LogP contribution in [0.5, 0.6) is 0 Å². The molecule has 38 heavy (non-hydrogen) atoms. The number of hydrogen-bond donors (Lipinski definition) is 2. The summed E-state index contributed by atoms with van der Waals surface area (Å²) in [7, 11) is 0. The van der Waals surface area contributed by atoms with Crippen molar-refractivity contribution in [3.05, 3.63) is 64.7 Å². The third kappa shape index (κ3) is 5.32. The van der Waals surface area contributed by atoms with Gasteiger partial charge in [-0.25, -0.2) is 0 Å². The average Bonchev–Trinajstić information content (AvgIpc) is 3.14. The molecule has 7 nitrogen and oxygen atoms in total. The summed E-state index contributed by atoms with van der Waals surface area (Å²) < 4.78 is 0. The Morgan fingerprint density at radius 3 is 2.47 bits per heavy atom. The van der Waals surface area contributed by atoms with Gasteiger partial charge in [0.1, 0.15) is 6.04 Å². The molecule has 2 aromatic carbocycles. The van der Waals surface area contributed by atoms with E-state index in [4.69, 9.17) is 11.6 Å². The lowest BCUT2D eigenvalue weighted by Gasteiger charge is -2.39. The summed E-state index contributed by atoms with van der Waals surface area (Å²) in [4.78, 5) is 44.1. The number of carbonyl (C=O) groups is 3. The van der Waals surface area contributed by atoms with Crippen LogP contribution < -0.4 is 15.5 Å². The molecule has 202 valence electrons. The lowest BCUT2D eigenvalue weighted by atomic mass is 9.86. The molecule has 0 aromatic heterocycles. The first kappa shape index (κ1) is 26.7. The zero-order valence-corrected chi connectivity index (χ0v) is 23.0. The van der Waals surface area contributed by atoms with Gasteiger partial charge in [0.15, 0.2) is 0 Å². The molecule has 0 aliphatic carbocycles. The quantitative estimate of drug-likeness (QED) is 0.590. The molecule has 0 spiro atoms. The van der Waals surface area contributed by atoms with Crippen LogP contribution in [0.2, 0.25) is 5.02 Å². The molecule has 0 unspecified atom stereocenters. The summed E-state index contributed by atoms with van der Waals surface area (Å²) in [6.07, 6.45) is 3.60. The zero-order valence-electron chi connectivity index (χ0n) is 22.2. The van der Waals surface area contributed by atoms with Gasteiger partial charge in [-0.05, 0) is 75.4 Å². The number of halogens is 1. The smallest absolute Gasteiger partial charge is 0.245 e. The molecule has 0 saturated carbocycles. The molecule has 3 amide bonds. The fourth-order valence-corrected chi connectivity index (χ4v) is 6.21. The number of nitrogens with zero attached hydrogens (tertiary/aromatic N) is 2. The van der Waals surface area contributed by atoms with Crippen LogP contribution in [0.25, 0.3) is 0 Å². The number of rotatable bonds is 6. The van der Waals surface area contributed by atoms with E-state index in [1.165, 1.54) is 0 Å². The third-order valence-corrected chi connectivity index (χ3v) is 8.62. The Balaban J connectivity index is 1.28. The van der Waals surface area contributed by atoms with Crippen LogP contribution in [0.3, 0.4) is 0 Å². The van der Waals surface area contributed by atoms with Crippen molar-refractivity contribution < 1.29 is 14.4 Å². The van der Waals surface area contributed by atoms with E-state index in [0.29, 0.717) is 43.9 Å². The van der Waals surface area contributed by atoms with E-state index in [1.54, 1.807) is 0 Å². The molecule has 3 heterocycles. The normalized spacial score (nSPS) is 22.2. The summed E-state index contributed by atoms with van der Waals surface area (Å²) >= 11 is 6.07. The molecule has 8 heteroatoms. The lowest BCUT2D eigenvalue weighted by molar-refractivity contribution is -0.138. The molecule has 2 atom stereocenters. The number of carbonyl (C=O) groups excluding carboxylic acids is 3. The highest BCUT2D eigenvalue weighted by atomic mass is 35.5. The minimum Gasteiger partial charge on any atom is -0.344 e. The summed E-state index contributed by atoms with van der Waals surface area (Å²) in [5, 5.41) is 7.00. The minimum atomic E-state index is -0.643. The minimum absolute atomic E-state index is 0.0482. The molecule has 3 aliphatic rings. The standard InChI is InChI=1S/C30H37ClN4O3/c1-30(2)24-7-3-4-8-26(24)35(29(30)38)23-13-16-34(17-14-23)28(37)25(18-20-9-11-22(31)12-10-20)33-27(36)21-6-5-15-32-19-21/h3-4,7-12,21,23,25,32H,5-6,13-19H2,1-2H3,(H,33,36)/t21-,25+/m0/s1. The van der Waals surface area contributed by atoms with Crippen LogP contribution in [0.15, 0.2) is 48.5 Å². The number of hydrogen-bond acceptors (Lipinski definition) is 4.